The molecule has 7 nitrogen and oxygen atoms in total. The lowest BCUT2D eigenvalue weighted by molar-refractivity contribution is 0.100. The maximum absolute atomic E-state index is 14.7. The number of primary amides is 1. The molecule has 1 aromatic carbocycles. The maximum Gasteiger partial charge on any atom is 0.252 e. The molecule has 1 aliphatic rings. The van der Waals surface area contributed by atoms with E-state index in [2.05, 4.69) is 20.6 Å². The SMILES string of the molecule is NC(=O)c1cc(F)c(NC2CCCCC2N)nc1Nc1cncc(-c2ccccc2Cl)c1. The summed E-state index contributed by atoms with van der Waals surface area (Å²) in [6.45, 7) is 0. The second-order valence-corrected chi connectivity index (χ2v) is 8.25. The van der Waals surface area contributed by atoms with Gasteiger partial charge in [-0.25, -0.2) is 9.37 Å². The Balaban J connectivity index is 1.66. The molecule has 3 aromatic rings. The molecule has 1 saturated carbocycles. The molecule has 1 aliphatic carbocycles. The Morgan fingerprint density at radius 1 is 1.12 bits per heavy atom. The van der Waals surface area contributed by atoms with Crippen molar-refractivity contribution in [2.75, 3.05) is 10.6 Å². The van der Waals surface area contributed by atoms with Crippen LogP contribution in [0.4, 0.5) is 21.7 Å². The summed E-state index contributed by atoms with van der Waals surface area (Å²) in [5.41, 5.74) is 13.7. The van der Waals surface area contributed by atoms with E-state index in [9.17, 15) is 9.18 Å². The van der Waals surface area contributed by atoms with Gasteiger partial charge >= 0.3 is 0 Å². The van der Waals surface area contributed by atoms with Crippen LogP contribution < -0.4 is 22.1 Å². The number of nitrogens with two attached hydrogens (primary N) is 2. The van der Waals surface area contributed by atoms with E-state index in [-0.39, 0.29) is 29.3 Å². The van der Waals surface area contributed by atoms with Gasteiger partial charge in [0.15, 0.2) is 11.6 Å². The first kappa shape index (κ1) is 22.0. The van der Waals surface area contributed by atoms with E-state index in [0.29, 0.717) is 10.7 Å². The highest BCUT2D eigenvalue weighted by molar-refractivity contribution is 6.33. The lowest BCUT2D eigenvalue weighted by Gasteiger charge is -2.30. The van der Waals surface area contributed by atoms with Crippen molar-refractivity contribution in [1.29, 1.82) is 0 Å². The van der Waals surface area contributed by atoms with E-state index in [1.54, 1.807) is 18.5 Å². The molecule has 166 valence electrons. The van der Waals surface area contributed by atoms with Crippen molar-refractivity contribution in [3.05, 3.63) is 65.2 Å². The molecule has 0 radical (unpaired) electrons. The van der Waals surface area contributed by atoms with Crippen molar-refractivity contribution < 1.29 is 9.18 Å². The minimum absolute atomic E-state index is 0.0232. The van der Waals surface area contributed by atoms with Gasteiger partial charge in [-0.3, -0.25) is 9.78 Å². The second-order valence-electron chi connectivity index (χ2n) is 7.85. The van der Waals surface area contributed by atoms with E-state index in [1.165, 1.54) is 0 Å². The average Bonchev–Trinajstić information content (AvgIpc) is 2.77. The Labute approximate surface area is 190 Å². The number of anilines is 3. The fourth-order valence-electron chi connectivity index (χ4n) is 3.88. The summed E-state index contributed by atoms with van der Waals surface area (Å²) in [6.07, 6.45) is 7.00. The van der Waals surface area contributed by atoms with Gasteiger partial charge in [0.25, 0.3) is 5.91 Å². The molecule has 0 saturated heterocycles. The van der Waals surface area contributed by atoms with Crippen LogP contribution in [0, 0.1) is 5.82 Å². The molecular weight excluding hydrogens is 431 g/mol. The highest BCUT2D eigenvalue weighted by Gasteiger charge is 2.24. The van der Waals surface area contributed by atoms with Gasteiger partial charge in [0.1, 0.15) is 5.82 Å². The van der Waals surface area contributed by atoms with Gasteiger partial charge in [-0.1, -0.05) is 42.6 Å². The summed E-state index contributed by atoms with van der Waals surface area (Å²) in [6, 6.07) is 10.1. The fourth-order valence-corrected chi connectivity index (χ4v) is 4.12. The summed E-state index contributed by atoms with van der Waals surface area (Å²) in [7, 11) is 0. The molecule has 2 aromatic heterocycles. The van der Waals surface area contributed by atoms with Crippen LogP contribution in [-0.4, -0.2) is 28.0 Å². The van der Waals surface area contributed by atoms with Crippen LogP contribution in [0.1, 0.15) is 36.0 Å². The number of nitrogens with one attached hydrogen (secondary N) is 2. The summed E-state index contributed by atoms with van der Waals surface area (Å²) < 4.78 is 14.7. The third kappa shape index (κ3) is 4.81. The van der Waals surface area contributed by atoms with Crippen LogP contribution in [0.2, 0.25) is 5.02 Å². The molecule has 2 unspecified atom stereocenters. The zero-order chi connectivity index (χ0) is 22.7. The highest BCUT2D eigenvalue weighted by Crippen LogP contribution is 2.31. The van der Waals surface area contributed by atoms with Crippen LogP contribution in [0.5, 0.6) is 0 Å². The largest absolute Gasteiger partial charge is 0.365 e. The second kappa shape index (κ2) is 9.50. The van der Waals surface area contributed by atoms with Crippen molar-refractivity contribution in [2.45, 2.75) is 37.8 Å². The van der Waals surface area contributed by atoms with Crippen LogP contribution in [0.25, 0.3) is 11.1 Å². The number of halogens is 2. The Bertz CT molecular complexity index is 1140. The highest BCUT2D eigenvalue weighted by atomic mass is 35.5. The molecule has 0 spiro atoms. The smallest absolute Gasteiger partial charge is 0.252 e. The molecule has 2 heterocycles. The Morgan fingerprint density at radius 2 is 1.91 bits per heavy atom. The number of carbonyl (C=O) groups excluding carboxylic acids is 1. The molecule has 1 amide bonds. The summed E-state index contributed by atoms with van der Waals surface area (Å²) in [5.74, 6) is -1.31. The standard InChI is InChI=1S/C23H24ClFN6O/c24-17-6-2-1-5-15(17)13-9-14(12-28-11-13)29-22-16(21(27)32)10-18(25)23(31-22)30-20-8-4-3-7-19(20)26/h1-2,5-6,9-12,19-20H,3-4,7-8,26H2,(H2,27,32)(H2,29,30,31). The number of carbonyl (C=O) groups is 1. The van der Waals surface area contributed by atoms with E-state index >= 15 is 0 Å². The lowest BCUT2D eigenvalue weighted by Crippen LogP contribution is -2.43. The van der Waals surface area contributed by atoms with Crippen molar-refractivity contribution >= 4 is 34.8 Å². The number of aromatic nitrogens is 2. The predicted octanol–water partition coefficient (Wildman–Crippen LogP) is 4.46. The third-order valence-electron chi connectivity index (χ3n) is 5.57. The van der Waals surface area contributed by atoms with Crippen LogP contribution >= 0.6 is 11.6 Å². The van der Waals surface area contributed by atoms with Crippen LogP contribution in [0.3, 0.4) is 0 Å². The molecule has 2 atom stereocenters. The maximum atomic E-state index is 14.7. The van der Waals surface area contributed by atoms with Crippen molar-refractivity contribution in [3.63, 3.8) is 0 Å². The van der Waals surface area contributed by atoms with Gasteiger partial charge in [0.05, 0.1) is 17.4 Å². The summed E-state index contributed by atoms with van der Waals surface area (Å²) >= 11 is 6.30. The summed E-state index contributed by atoms with van der Waals surface area (Å²) in [5, 5.41) is 6.73. The Hall–Kier alpha value is -3.23. The average molecular weight is 455 g/mol. The van der Waals surface area contributed by atoms with Crippen molar-refractivity contribution in [3.8, 4) is 11.1 Å². The first-order valence-corrected chi connectivity index (χ1v) is 10.8. The minimum atomic E-state index is -0.796. The number of hydrogen-bond donors (Lipinski definition) is 4. The number of rotatable bonds is 6. The van der Waals surface area contributed by atoms with E-state index in [4.69, 9.17) is 23.1 Å². The summed E-state index contributed by atoms with van der Waals surface area (Å²) in [4.78, 5) is 20.5. The van der Waals surface area contributed by atoms with Gasteiger partial charge in [-0.05, 0) is 31.0 Å². The predicted molar refractivity (Wildman–Crippen MR) is 125 cm³/mol. The monoisotopic (exact) mass is 454 g/mol. The molecule has 0 bridgehead atoms. The molecule has 0 aliphatic heterocycles. The normalized spacial score (nSPS) is 18.2. The van der Waals surface area contributed by atoms with E-state index in [1.807, 2.05) is 24.3 Å². The Kier molecular flexibility index (Phi) is 6.53. The van der Waals surface area contributed by atoms with E-state index < -0.39 is 11.7 Å². The lowest BCUT2D eigenvalue weighted by atomic mass is 9.91. The Morgan fingerprint density at radius 3 is 2.66 bits per heavy atom. The fraction of sp³-hybridized carbons (Fsp3) is 0.261. The molecule has 9 heteroatoms. The van der Waals surface area contributed by atoms with Gasteiger partial charge in [0.2, 0.25) is 0 Å². The van der Waals surface area contributed by atoms with E-state index in [0.717, 1.165) is 42.9 Å². The van der Waals surface area contributed by atoms with Gasteiger partial charge in [-0.2, -0.15) is 0 Å². The zero-order valence-corrected chi connectivity index (χ0v) is 18.1. The minimum Gasteiger partial charge on any atom is -0.365 e. The molecular formula is C23H24ClFN6O. The number of hydrogen-bond acceptors (Lipinski definition) is 6. The molecule has 32 heavy (non-hydrogen) atoms. The number of amides is 1. The molecule has 1 fully saturated rings. The van der Waals surface area contributed by atoms with Gasteiger partial charge in [-0.15, -0.1) is 0 Å². The first-order valence-electron chi connectivity index (χ1n) is 10.4. The van der Waals surface area contributed by atoms with Gasteiger partial charge in [0, 0.05) is 34.4 Å². The molecule has 4 rings (SSSR count). The van der Waals surface area contributed by atoms with Crippen LogP contribution in [-0.2, 0) is 0 Å². The van der Waals surface area contributed by atoms with Crippen molar-refractivity contribution in [2.24, 2.45) is 11.5 Å². The number of benzene rings is 1. The third-order valence-corrected chi connectivity index (χ3v) is 5.90. The number of pyridine rings is 2. The molecule has 6 N–H and O–H groups in total. The van der Waals surface area contributed by atoms with Crippen molar-refractivity contribution in [1.82, 2.24) is 9.97 Å². The topological polar surface area (TPSA) is 119 Å². The van der Waals surface area contributed by atoms with Gasteiger partial charge < -0.3 is 22.1 Å². The zero-order valence-electron chi connectivity index (χ0n) is 17.3. The quantitative estimate of drug-likeness (QED) is 0.436. The number of nitrogens with zero attached hydrogens (tertiary/aromatic N) is 2. The van der Waals surface area contributed by atoms with Crippen LogP contribution in [0.15, 0.2) is 48.8 Å². The first-order chi connectivity index (χ1) is 15.4.